The molecule has 0 aromatic rings. The zero-order valence-electron chi connectivity index (χ0n) is 25.5. The molecule has 2 N–H and O–H groups in total. The van der Waals surface area contributed by atoms with Crippen LogP contribution in [0.3, 0.4) is 0 Å². The van der Waals surface area contributed by atoms with Crippen LogP contribution in [-0.2, 0) is 9.59 Å². The van der Waals surface area contributed by atoms with Crippen LogP contribution in [0.15, 0.2) is 72.9 Å². The van der Waals surface area contributed by atoms with Gasteiger partial charge in [-0.3, -0.25) is 9.59 Å². The first-order valence-corrected chi connectivity index (χ1v) is 15.9. The molecule has 0 aliphatic carbocycles. The smallest absolute Gasteiger partial charge is 0.307 e. The normalized spacial score (nSPS) is 14.2. The number of carboxylic acid groups (broad SMARTS) is 2. The monoisotopic (exact) mass is 554 g/mol. The molecule has 0 radical (unpaired) electrons. The highest BCUT2D eigenvalue weighted by Gasteiger charge is 2.32. The summed E-state index contributed by atoms with van der Waals surface area (Å²) in [7, 11) is 0. The lowest BCUT2D eigenvalue weighted by Gasteiger charge is -2.20. The minimum absolute atomic E-state index is 0.452. The van der Waals surface area contributed by atoms with Gasteiger partial charge >= 0.3 is 11.9 Å². The lowest BCUT2D eigenvalue weighted by Crippen LogP contribution is -2.30. The average Bonchev–Trinajstić information content (AvgIpc) is 2.93. The van der Waals surface area contributed by atoms with Gasteiger partial charge in [0.05, 0.1) is 11.8 Å². The summed E-state index contributed by atoms with van der Waals surface area (Å²) in [5, 5.41) is 19.4. The third kappa shape index (κ3) is 24.4. The molecule has 0 rings (SSSR count). The van der Waals surface area contributed by atoms with Gasteiger partial charge in [0.15, 0.2) is 0 Å². The predicted octanol–water partition coefficient (Wildman–Crippen LogP) is 10.8. The van der Waals surface area contributed by atoms with E-state index in [9.17, 15) is 19.8 Å². The van der Waals surface area contributed by atoms with Gasteiger partial charge in [-0.2, -0.15) is 0 Å². The van der Waals surface area contributed by atoms with Crippen molar-refractivity contribution in [2.45, 2.75) is 129 Å². The molecule has 0 aliphatic rings. The molecule has 0 saturated heterocycles. The highest BCUT2D eigenvalue weighted by Crippen LogP contribution is 2.26. The molecule has 0 aromatic carbocycles. The van der Waals surface area contributed by atoms with Crippen molar-refractivity contribution in [2.75, 3.05) is 0 Å². The minimum atomic E-state index is -0.964. The fraction of sp³-hybridized carbons (Fsp3) is 0.611. The Hall–Kier alpha value is -2.62. The standard InChI is InChI=1S/C36H58O4/c1-3-5-7-9-11-13-15-17-19-21-23-25-27-29-31-33(35(37)38)34(36(39)40)32-30-28-26-24-22-20-18-16-14-12-10-8-6-4-2/h5-8,11-14,17-20,33-34H,3-4,9-10,15-16,21-32H2,1-2H3,(H,37,38)(H,39,40). The van der Waals surface area contributed by atoms with E-state index in [0.29, 0.717) is 12.8 Å². The fourth-order valence-electron chi connectivity index (χ4n) is 4.61. The van der Waals surface area contributed by atoms with E-state index in [-0.39, 0.29) is 0 Å². The number of rotatable bonds is 27. The molecule has 40 heavy (non-hydrogen) atoms. The van der Waals surface area contributed by atoms with E-state index in [1.165, 1.54) is 0 Å². The molecular weight excluding hydrogens is 496 g/mol. The maximum absolute atomic E-state index is 11.9. The summed E-state index contributed by atoms with van der Waals surface area (Å²) in [5.74, 6) is -3.50. The van der Waals surface area contributed by atoms with Crippen molar-refractivity contribution in [1.82, 2.24) is 0 Å². The number of hydrogen-bond acceptors (Lipinski definition) is 2. The summed E-state index contributed by atoms with van der Waals surface area (Å²) >= 11 is 0. The predicted molar refractivity (Wildman–Crippen MR) is 172 cm³/mol. The quantitative estimate of drug-likeness (QED) is 0.0782. The van der Waals surface area contributed by atoms with Crippen LogP contribution in [0.5, 0.6) is 0 Å². The topological polar surface area (TPSA) is 74.6 Å². The van der Waals surface area contributed by atoms with Crippen molar-refractivity contribution in [1.29, 1.82) is 0 Å². The van der Waals surface area contributed by atoms with Gasteiger partial charge in [0.2, 0.25) is 0 Å². The van der Waals surface area contributed by atoms with Crippen molar-refractivity contribution in [2.24, 2.45) is 11.8 Å². The fourth-order valence-corrected chi connectivity index (χ4v) is 4.61. The molecule has 226 valence electrons. The summed E-state index contributed by atoms with van der Waals surface area (Å²) in [4.78, 5) is 23.7. The number of carbonyl (C=O) groups is 2. The summed E-state index contributed by atoms with van der Waals surface area (Å²) in [6.45, 7) is 4.27. The Morgan fingerprint density at radius 3 is 1.07 bits per heavy atom. The van der Waals surface area contributed by atoms with E-state index in [1.807, 2.05) is 0 Å². The highest BCUT2D eigenvalue weighted by molar-refractivity contribution is 5.79. The van der Waals surface area contributed by atoms with E-state index < -0.39 is 23.8 Å². The Kier molecular flexibility index (Phi) is 27.4. The molecular formula is C36H58O4. The molecule has 0 aliphatic heterocycles. The first-order valence-electron chi connectivity index (χ1n) is 15.9. The van der Waals surface area contributed by atoms with Gasteiger partial charge in [0.1, 0.15) is 0 Å². The Morgan fingerprint density at radius 1 is 0.450 bits per heavy atom. The number of hydrogen-bond donors (Lipinski definition) is 2. The van der Waals surface area contributed by atoms with E-state index in [4.69, 9.17) is 0 Å². The second-order valence-corrected chi connectivity index (χ2v) is 10.5. The number of allylic oxidation sites excluding steroid dienone is 12. The summed E-state index contributed by atoms with van der Waals surface area (Å²) in [5.41, 5.74) is 0. The number of aliphatic carboxylic acids is 2. The molecule has 0 saturated carbocycles. The van der Waals surface area contributed by atoms with Crippen LogP contribution in [0.25, 0.3) is 0 Å². The Bertz CT molecular complexity index is 719. The van der Waals surface area contributed by atoms with Crippen molar-refractivity contribution in [3.63, 3.8) is 0 Å². The largest absolute Gasteiger partial charge is 0.481 e. The molecule has 0 spiro atoms. The average molecular weight is 555 g/mol. The van der Waals surface area contributed by atoms with Crippen LogP contribution < -0.4 is 0 Å². The van der Waals surface area contributed by atoms with Crippen LogP contribution in [0, 0.1) is 11.8 Å². The summed E-state index contributed by atoms with van der Waals surface area (Å²) in [6, 6.07) is 0. The van der Waals surface area contributed by atoms with Gasteiger partial charge in [-0.05, 0) is 77.0 Å². The third-order valence-corrected chi connectivity index (χ3v) is 6.95. The van der Waals surface area contributed by atoms with Crippen molar-refractivity contribution in [3.05, 3.63) is 72.9 Å². The van der Waals surface area contributed by atoms with Crippen molar-refractivity contribution >= 4 is 11.9 Å². The van der Waals surface area contributed by atoms with Crippen LogP contribution in [0.4, 0.5) is 0 Å². The van der Waals surface area contributed by atoms with E-state index in [1.54, 1.807) is 0 Å². The molecule has 4 heteroatoms. The van der Waals surface area contributed by atoms with Crippen molar-refractivity contribution < 1.29 is 19.8 Å². The molecule has 0 amide bonds. The highest BCUT2D eigenvalue weighted by atomic mass is 16.4. The SMILES string of the molecule is CCC=CCC=CCC=CCCCCCCC(C(=O)O)C(CCCCCCC=CCC=CCC=CCC)C(=O)O. The number of carboxylic acids is 2. The molecule has 2 unspecified atom stereocenters. The molecule has 0 bridgehead atoms. The van der Waals surface area contributed by atoms with Gasteiger partial charge in [-0.1, -0.05) is 125 Å². The zero-order chi connectivity index (χ0) is 29.5. The van der Waals surface area contributed by atoms with Gasteiger partial charge < -0.3 is 10.2 Å². The molecule has 0 aromatic heterocycles. The molecule has 0 fully saturated rings. The third-order valence-electron chi connectivity index (χ3n) is 6.95. The second kappa shape index (κ2) is 29.4. The Morgan fingerprint density at radius 2 is 0.750 bits per heavy atom. The van der Waals surface area contributed by atoms with Crippen LogP contribution in [0.1, 0.15) is 129 Å². The van der Waals surface area contributed by atoms with Gasteiger partial charge in [0, 0.05) is 0 Å². The molecule has 0 heterocycles. The lowest BCUT2D eigenvalue weighted by molar-refractivity contribution is -0.154. The maximum atomic E-state index is 11.9. The van der Waals surface area contributed by atoms with E-state index in [0.717, 1.165) is 103 Å². The first kappa shape index (κ1) is 37.4. The Balaban J connectivity index is 4.06. The molecule has 2 atom stereocenters. The number of unbranched alkanes of at least 4 members (excludes halogenated alkanes) is 8. The first-order chi connectivity index (χ1) is 19.5. The van der Waals surface area contributed by atoms with Gasteiger partial charge in [0.25, 0.3) is 0 Å². The lowest BCUT2D eigenvalue weighted by atomic mass is 9.84. The van der Waals surface area contributed by atoms with Crippen LogP contribution in [-0.4, -0.2) is 22.2 Å². The van der Waals surface area contributed by atoms with E-state index in [2.05, 4.69) is 86.8 Å². The van der Waals surface area contributed by atoms with Gasteiger partial charge in [-0.15, -0.1) is 0 Å². The molecule has 4 nitrogen and oxygen atoms in total. The second-order valence-electron chi connectivity index (χ2n) is 10.5. The Labute approximate surface area is 245 Å². The summed E-state index contributed by atoms with van der Waals surface area (Å²) < 4.78 is 0. The zero-order valence-corrected chi connectivity index (χ0v) is 25.5. The summed E-state index contributed by atoms with van der Waals surface area (Å²) in [6.07, 6.45) is 43.1. The van der Waals surface area contributed by atoms with Crippen LogP contribution >= 0.6 is 0 Å². The minimum Gasteiger partial charge on any atom is -0.481 e. The van der Waals surface area contributed by atoms with Crippen molar-refractivity contribution in [3.8, 4) is 0 Å². The van der Waals surface area contributed by atoms with Crippen LogP contribution in [0.2, 0.25) is 0 Å². The van der Waals surface area contributed by atoms with E-state index >= 15 is 0 Å². The van der Waals surface area contributed by atoms with Gasteiger partial charge in [-0.25, -0.2) is 0 Å². The maximum Gasteiger partial charge on any atom is 0.307 e.